The van der Waals surface area contributed by atoms with Crippen LogP contribution in [0.2, 0.25) is 0 Å². The number of hydrogen-bond donors (Lipinski definition) is 2. The van der Waals surface area contributed by atoms with Gasteiger partial charge in [-0.25, -0.2) is 14.4 Å². The van der Waals surface area contributed by atoms with Crippen molar-refractivity contribution in [2.45, 2.75) is 32.0 Å². The zero-order valence-corrected chi connectivity index (χ0v) is 19.3. The monoisotopic (exact) mass is 480 g/mol. The number of ether oxygens (including phenoxy) is 1. The van der Waals surface area contributed by atoms with Gasteiger partial charge in [-0.05, 0) is 31.5 Å². The largest absolute Gasteiger partial charge is 0.486 e. The Hall–Kier alpha value is -4.11. The quantitative estimate of drug-likeness (QED) is 0.541. The average Bonchev–Trinajstić information content (AvgIpc) is 3.07. The fourth-order valence-corrected chi connectivity index (χ4v) is 3.78. The van der Waals surface area contributed by atoms with E-state index in [0.717, 1.165) is 11.4 Å². The minimum absolute atomic E-state index is 0.0907. The molecule has 0 saturated carbocycles. The molecule has 1 aliphatic heterocycles. The van der Waals surface area contributed by atoms with Gasteiger partial charge in [-0.2, -0.15) is 15.3 Å². The average molecular weight is 481 g/mol. The number of likely N-dealkylation sites (tertiary alicyclic amines) is 1. The summed E-state index contributed by atoms with van der Waals surface area (Å²) >= 11 is 0. The Morgan fingerprint density at radius 3 is 2.86 bits per heavy atom. The molecule has 0 unspecified atom stereocenters. The van der Waals surface area contributed by atoms with Crippen molar-refractivity contribution in [3.63, 3.8) is 0 Å². The minimum Gasteiger partial charge on any atom is -0.486 e. The van der Waals surface area contributed by atoms with Gasteiger partial charge in [0.1, 0.15) is 37.0 Å². The molecule has 35 heavy (non-hydrogen) atoms. The van der Waals surface area contributed by atoms with E-state index in [1.165, 1.54) is 11.2 Å². The number of aliphatic hydroxyl groups excluding tert-OH is 1. The van der Waals surface area contributed by atoms with Crippen LogP contribution >= 0.6 is 0 Å². The lowest BCUT2D eigenvalue weighted by Gasteiger charge is -2.21. The first-order valence-electron chi connectivity index (χ1n) is 11.1. The highest BCUT2D eigenvalue weighted by atomic mass is 19.1. The van der Waals surface area contributed by atoms with E-state index in [4.69, 9.17) is 9.84 Å². The Kier molecular flexibility index (Phi) is 7.17. The van der Waals surface area contributed by atoms with E-state index in [1.807, 2.05) is 14.0 Å². The molecule has 1 aliphatic rings. The Morgan fingerprint density at radius 2 is 2.14 bits per heavy atom. The Balaban J connectivity index is 1.51. The number of benzene rings is 1. The predicted molar refractivity (Wildman–Crippen MR) is 123 cm³/mol. The number of nitriles is 1. The Morgan fingerprint density at radius 1 is 1.34 bits per heavy atom. The number of carbonyl (C=O) groups is 1. The zero-order chi connectivity index (χ0) is 24.9. The Bertz CT molecular complexity index is 1260. The number of rotatable bonds is 6. The maximum atomic E-state index is 14.7. The third-order valence-electron chi connectivity index (χ3n) is 5.94. The molecule has 2 N–H and O–H groups in total. The molecular weight excluding hydrogens is 455 g/mol. The van der Waals surface area contributed by atoms with Gasteiger partial charge in [0.2, 0.25) is 11.9 Å². The number of nitrogens with one attached hydrogen (secondary N) is 1. The summed E-state index contributed by atoms with van der Waals surface area (Å²) in [6, 6.07) is 6.94. The zero-order valence-electron chi connectivity index (χ0n) is 19.3. The number of carbonyl (C=O) groups excluding carboxylic acids is 1. The summed E-state index contributed by atoms with van der Waals surface area (Å²) in [6.45, 7) is 1.77. The first-order chi connectivity index (χ1) is 16.9. The maximum absolute atomic E-state index is 14.7. The maximum Gasteiger partial charge on any atom is 0.248 e. The molecule has 1 saturated heterocycles. The molecule has 1 fully saturated rings. The molecule has 1 aromatic carbocycles. The second-order valence-corrected chi connectivity index (χ2v) is 8.14. The smallest absolute Gasteiger partial charge is 0.248 e. The summed E-state index contributed by atoms with van der Waals surface area (Å²) in [5.74, 6) is 0.475. The molecule has 12 heteroatoms. The number of nitrogens with zero attached hydrogens (tertiary/aromatic N) is 7. The van der Waals surface area contributed by atoms with Gasteiger partial charge in [-0.1, -0.05) is 0 Å². The number of aromatic nitrogens is 5. The highest BCUT2D eigenvalue weighted by Crippen LogP contribution is 2.28. The van der Waals surface area contributed by atoms with Crippen molar-refractivity contribution in [3.05, 3.63) is 42.0 Å². The fraction of sp³-hybridized carbons (Fsp3) is 0.391. The predicted octanol–water partition coefficient (Wildman–Crippen LogP) is 1.90. The normalized spacial score (nSPS) is 18.0. The first kappa shape index (κ1) is 24.0. The molecule has 0 spiro atoms. The van der Waals surface area contributed by atoms with Crippen LogP contribution in [-0.4, -0.2) is 72.6 Å². The van der Waals surface area contributed by atoms with Gasteiger partial charge in [-0.3, -0.25) is 9.48 Å². The van der Waals surface area contributed by atoms with E-state index in [0.29, 0.717) is 17.3 Å². The van der Waals surface area contributed by atoms with Gasteiger partial charge in [0.15, 0.2) is 5.82 Å². The summed E-state index contributed by atoms with van der Waals surface area (Å²) in [5.41, 5.74) is 2.45. The van der Waals surface area contributed by atoms with Gasteiger partial charge in [0, 0.05) is 32.1 Å². The van der Waals surface area contributed by atoms with Crippen molar-refractivity contribution in [1.82, 2.24) is 29.6 Å². The van der Waals surface area contributed by atoms with Crippen LogP contribution in [0, 0.1) is 18.3 Å². The van der Waals surface area contributed by atoms with Crippen LogP contribution in [0.25, 0.3) is 11.4 Å². The number of amides is 1. The van der Waals surface area contributed by atoms with E-state index in [1.54, 1.807) is 29.1 Å². The van der Waals surface area contributed by atoms with E-state index < -0.39 is 24.8 Å². The van der Waals surface area contributed by atoms with Gasteiger partial charge < -0.3 is 20.1 Å². The summed E-state index contributed by atoms with van der Waals surface area (Å²) in [7, 11) is 1.83. The molecule has 2 aromatic heterocycles. The molecule has 11 nitrogen and oxygen atoms in total. The van der Waals surface area contributed by atoms with Crippen LogP contribution in [0.1, 0.15) is 24.1 Å². The van der Waals surface area contributed by atoms with Crippen molar-refractivity contribution < 1.29 is 19.0 Å². The number of alkyl halides is 1. The van der Waals surface area contributed by atoms with Crippen LogP contribution in [0.3, 0.4) is 0 Å². The van der Waals surface area contributed by atoms with Gasteiger partial charge >= 0.3 is 0 Å². The first-order valence-corrected chi connectivity index (χ1v) is 11.1. The summed E-state index contributed by atoms with van der Waals surface area (Å²) in [6.07, 6.45) is 1.24. The van der Waals surface area contributed by atoms with Crippen molar-refractivity contribution >= 4 is 17.5 Å². The van der Waals surface area contributed by atoms with Gasteiger partial charge in [-0.15, -0.1) is 0 Å². The van der Waals surface area contributed by atoms with Crippen LogP contribution in [0.4, 0.5) is 16.0 Å². The molecule has 4 rings (SSSR count). The molecule has 0 aliphatic carbocycles. The number of hydrogen-bond acceptors (Lipinski definition) is 9. The topological polar surface area (TPSA) is 142 Å². The van der Waals surface area contributed by atoms with Gasteiger partial charge in [0.25, 0.3) is 0 Å². The Labute approximate surface area is 201 Å². The highest BCUT2D eigenvalue weighted by molar-refractivity contribution is 5.77. The van der Waals surface area contributed by atoms with Gasteiger partial charge in [0.05, 0.1) is 23.1 Å². The number of halogens is 1. The van der Waals surface area contributed by atoms with E-state index in [2.05, 4.69) is 31.4 Å². The molecule has 0 radical (unpaired) electrons. The summed E-state index contributed by atoms with van der Waals surface area (Å²) in [4.78, 5) is 26.0. The second-order valence-electron chi connectivity index (χ2n) is 8.14. The molecule has 1 amide bonds. The molecule has 2 atom stereocenters. The molecule has 0 bridgehead atoms. The number of anilines is 2. The molecule has 182 valence electrons. The van der Waals surface area contributed by atoms with Crippen molar-refractivity contribution in [2.75, 3.05) is 25.0 Å². The fourth-order valence-electron chi connectivity index (χ4n) is 3.78. The van der Waals surface area contributed by atoms with Crippen LogP contribution in [0.15, 0.2) is 30.7 Å². The second kappa shape index (κ2) is 10.4. The van der Waals surface area contributed by atoms with E-state index in [9.17, 15) is 14.4 Å². The van der Waals surface area contributed by atoms with E-state index in [-0.39, 0.29) is 37.2 Å². The van der Waals surface area contributed by atoms with Crippen LogP contribution in [-0.2, 0) is 11.8 Å². The summed E-state index contributed by atoms with van der Waals surface area (Å²) < 4.78 is 22.3. The highest BCUT2D eigenvalue weighted by Gasteiger charge is 2.30. The third kappa shape index (κ3) is 5.36. The minimum atomic E-state index is -1.31. The lowest BCUT2D eigenvalue weighted by molar-refractivity contribution is -0.134. The van der Waals surface area contributed by atoms with Crippen molar-refractivity contribution in [3.8, 4) is 23.2 Å². The standard InChI is InChI=1S/C23H25FN8O3/c1-14-18(11-28-31(14)2)29-23-27-13-26-22(30-23)15-3-4-19(16(9-15)10-25)35-20-6-8-32(21(34)12-33)7-5-17(20)24/h3-4,9,11,13,17,20,33H,5-8,12H2,1-2H3,(H,26,27,29,30)/t17-,20+/m1/s1. The van der Waals surface area contributed by atoms with E-state index >= 15 is 0 Å². The molecular formula is C23H25FN8O3. The number of aryl methyl sites for hydroxylation is 1. The third-order valence-corrected chi connectivity index (χ3v) is 5.94. The van der Waals surface area contributed by atoms with Crippen LogP contribution < -0.4 is 10.1 Å². The SMILES string of the molecule is Cc1c(Nc2ncnc(-c3ccc(O[C@H]4CCN(C(=O)CO)CC[C@H]4F)c(C#N)c3)n2)cnn1C. The van der Waals surface area contributed by atoms with Crippen LogP contribution in [0.5, 0.6) is 5.75 Å². The molecule has 3 aromatic rings. The summed E-state index contributed by atoms with van der Waals surface area (Å²) in [5, 5.41) is 26.0. The van der Waals surface area contributed by atoms with Crippen molar-refractivity contribution in [1.29, 1.82) is 5.26 Å². The number of aliphatic hydroxyl groups is 1. The lowest BCUT2D eigenvalue weighted by Crippen LogP contribution is -2.34. The molecule has 3 heterocycles. The lowest BCUT2D eigenvalue weighted by atomic mass is 10.1. The van der Waals surface area contributed by atoms with Crippen molar-refractivity contribution in [2.24, 2.45) is 7.05 Å².